The molecule has 0 rings (SSSR count). The van der Waals surface area contributed by atoms with Crippen LogP contribution in [0.2, 0.25) is 5.54 Å². The Morgan fingerprint density at radius 1 is 1.56 bits per heavy atom. The Bertz CT molecular complexity index is 70.6. The first-order valence-electron chi connectivity index (χ1n) is 3.05. The minimum atomic E-state index is -0.184. The van der Waals surface area contributed by atoms with Crippen molar-refractivity contribution in [1.82, 2.24) is 0 Å². The molecule has 0 unspecified atom stereocenters. The lowest BCUT2D eigenvalue weighted by atomic mass is 10.6. The smallest absolute Gasteiger partial charge is 0.288 e. The second-order valence-electron chi connectivity index (χ2n) is 2.43. The minimum Gasteiger partial charge on any atom is -0.529 e. The van der Waals surface area contributed by atoms with Crippen molar-refractivity contribution in [1.29, 1.82) is 0 Å². The van der Waals surface area contributed by atoms with E-state index in [2.05, 4.69) is 18.3 Å². The summed E-state index contributed by atoms with van der Waals surface area (Å²) in [4.78, 5) is 9.62. The van der Waals surface area contributed by atoms with Gasteiger partial charge < -0.3 is 4.43 Å². The second kappa shape index (κ2) is 7.90. The van der Waals surface area contributed by atoms with Gasteiger partial charge >= 0.3 is 0 Å². The van der Waals surface area contributed by atoms with Crippen molar-refractivity contribution in [3.63, 3.8) is 0 Å². The fraction of sp³-hybridized carbons (Fsp3) is 0.800. The molecule has 0 aliphatic rings. The van der Waals surface area contributed by atoms with Gasteiger partial charge in [-0.3, -0.25) is 4.79 Å². The minimum absolute atomic E-state index is 0.184. The highest BCUT2D eigenvalue weighted by molar-refractivity contribution is 6.10. The van der Waals surface area contributed by atoms with E-state index < -0.39 is 0 Å². The predicted molar refractivity (Wildman–Crippen MR) is 46.7 cm³/mol. The lowest BCUT2D eigenvalue weighted by Crippen LogP contribution is -1.90. The summed E-state index contributed by atoms with van der Waals surface area (Å²) in [6.07, 6.45) is 0. The third-order valence-corrected chi connectivity index (χ3v) is 0.862. The molecule has 9 heavy (non-hydrogen) atoms. The van der Waals surface area contributed by atoms with Gasteiger partial charge in [-0.15, -0.1) is 0 Å². The topological polar surface area (TPSA) is 26.3 Å². The summed E-state index contributed by atoms with van der Waals surface area (Å²) in [6.45, 7) is 5.85. The van der Waals surface area contributed by atoms with Gasteiger partial charge in [0.15, 0.2) is 0 Å². The Labute approximate surface area is 62.9 Å². The predicted octanol–water partition coefficient (Wildman–Crippen LogP) is -0.990. The van der Waals surface area contributed by atoms with Crippen LogP contribution in [0.1, 0.15) is 20.8 Å². The van der Waals surface area contributed by atoms with Crippen molar-refractivity contribution in [2.75, 3.05) is 0 Å². The Balaban J connectivity index is 0. The van der Waals surface area contributed by atoms with Crippen LogP contribution in [0.3, 0.4) is 0 Å². The number of carbonyl (C=O) groups is 1. The molecule has 0 bridgehead atoms. The van der Waals surface area contributed by atoms with E-state index in [1.165, 1.54) is 17.2 Å². The van der Waals surface area contributed by atoms with E-state index >= 15 is 0 Å². The Morgan fingerprint density at radius 2 is 1.67 bits per heavy atom. The van der Waals surface area contributed by atoms with E-state index in [9.17, 15) is 4.79 Å². The Morgan fingerprint density at radius 3 is 1.67 bits per heavy atom. The number of carbonyl (C=O) groups excluding carboxylic acids is 1. The molecular weight excluding hydrogens is 148 g/mol. The van der Waals surface area contributed by atoms with Crippen molar-refractivity contribution >= 4 is 26.7 Å². The summed E-state index contributed by atoms with van der Waals surface area (Å²) in [5, 5.41) is 0. The van der Waals surface area contributed by atoms with Gasteiger partial charge in [0, 0.05) is 17.2 Å². The van der Waals surface area contributed by atoms with Crippen LogP contribution in [0.4, 0.5) is 0 Å². The van der Waals surface area contributed by atoms with Crippen molar-refractivity contribution in [2.24, 2.45) is 0 Å². The molecular formula is C5H16O2Si2. The molecule has 0 heterocycles. The highest BCUT2D eigenvalue weighted by Gasteiger charge is 1.74. The molecule has 0 aromatic heterocycles. The normalized spacial score (nSPS) is 8.44. The van der Waals surface area contributed by atoms with Gasteiger partial charge in [-0.05, 0) is 0 Å². The van der Waals surface area contributed by atoms with Crippen LogP contribution >= 0.6 is 0 Å². The average Bonchev–Trinajstić information content (AvgIpc) is 1.65. The van der Waals surface area contributed by atoms with Crippen LogP contribution in [-0.2, 0) is 9.22 Å². The van der Waals surface area contributed by atoms with Crippen LogP contribution in [-0.4, -0.2) is 26.7 Å². The zero-order valence-corrected chi connectivity index (χ0v) is 10.9. The van der Waals surface area contributed by atoms with Crippen molar-refractivity contribution < 1.29 is 9.22 Å². The molecule has 0 aliphatic carbocycles. The van der Waals surface area contributed by atoms with E-state index in [1.807, 2.05) is 0 Å². The second-order valence-corrected chi connectivity index (χ2v) is 5.15. The average molecular weight is 164 g/mol. The first-order chi connectivity index (χ1) is 4.00. The van der Waals surface area contributed by atoms with Gasteiger partial charge in [-0.25, -0.2) is 0 Å². The van der Waals surface area contributed by atoms with Crippen LogP contribution in [0.15, 0.2) is 0 Å². The summed E-state index contributed by atoms with van der Waals surface area (Å²) >= 11 is 0. The van der Waals surface area contributed by atoms with Gasteiger partial charge in [0.05, 0.1) is 0 Å². The number of hydrogen-bond donors (Lipinski definition) is 0. The number of hydrogen-bond acceptors (Lipinski definition) is 2. The Kier molecular flexibility index (Phi) is 10.2. The first-order valence-corrected chi connectivity index (χ1v) is 5.02. The summed E-state index contributed by atoms with van der Waals surface area (Å²) < 4.78 is 4.25. The highest BCUT2D eigenvalue weighted by Crippen LogP contribution is 1.84. The zero-order chi connectivity index (χ0) is 7.86. The molecule has 0 aliphatic heterocycles. The summed E-state index contributed by atoms with van der Waals surface area (Å²) in [6, 6.07) is 0. The largest absolute Gasteiger partial charge is 0.529 e. The van der Waals surface area contributed by atoms with Crippen LogP contribution in [0.5, 0.6) is 0 Å². The molecule has 0 amide bonds. The van der Waals surface area contributed by atoms with Gasteiger partial charge in [0.25, 0.3) is 5.97 Å². The molecule has 4 heteroatoms. The highest BCUT2D eigenvalue weighted by atomic mass is 28.2. The van der Waals surface area contributed by atoms with E-state index in [1.54, 1.807) is 0 Å². The van der Waals surface area contributed by atoms with Gasteiger partial charge in [0.2, 0.25) is 10.5 Å². The summed E-state index contributed by atoms with van der Waals surface area (Å²) in [5.74, 6) is -0.184. The van der Waals surface area contributed by atoms with Crippen molar-refractivity contribution in [3.05, 3.63) is 0 Å². The maximum Gasteiger partial charge on any atom is 0.288 e. The lowest BCUT2D eigenvalue weighted by molar-refractivity contribution is -0.131. The zero-order valence-electron chi connectivity index (χ0n) is 6.89. The molecule has 56 valence electrons. The molecule has 0 radical (unpaired) electrons. The molecule has 0 atom stereocenters. The maximum atomic E-state index is 9.62. The molecule has 2 nitrogen and oxygen atoms in total. The molecule has 0 spiro atoms. The fourth-order valence-corrected chi connectivity index (χ4v) is 0. The molecule has 0 saturated heterocycles. The van der Waals surface area contributed by atoms with Crippen molar-refractivity contribution in [2.45, 2.75) is 26.3 Å². The third kappa shape index (κ3) is 76.0. The third-order valence-electron chi connectivity index (χ3n) is 0.287. The molecule has 0 aromatic rings. The van der Waals surface area contributed by atoms with Crippen LogP contribution in [0.25, 0.3) is 0 Å². The quantitative estimate of drug-likeness (QED) is 0.430. The van der Waals surface area contributed by atoms with E-state index in [0.29, 0.717) is 10.5 Å². The molecule has 0 saturated carbocycles. The lowest BCUT2D eigenvalue weighted by Gasteiger charge is -1.82. The van der Waals surface area contributed by atoms with Crippen LogP contribution < -0.4 is 0 Å². The van der Waals surface area contributed by atoms with Crippen molar-refractivity contribution in [3.8, 4) is 0 Å². The van der Waals surface area contributed by atoms with Gasteiger partial charge in [-0.1, -0.05) is 19.4 Å². The van der Waals surface area contributed by atoms with Gasteiger partial charge in [-0.2, -0.15) is 0 Å². The standard InChI is InChI=1S/C3H10Si.C2H6O2Si/c1-3(2)4;1-2(3)4-5/h3H,1-2,4H3;1,5H3. The SMILES string of the molecule is CC(=O)O[SiH3].CC(C)[SiH3]. The Hall–Kier alpha value is -0.0962. The fourth-order valence-electron chi connectivity index (χ4n) is 0. The molecule has 0 aromatic carbocycles. The van der Waals surface area contributed by atoms with Crippen LogP contribution in [0, 0.1) is 0 Å². The monoisotopic (exact) mass is 164 g/mol. The van der Waals surface area contributed by atoms with Gasteiger partial charge in [0.1, 0.15) is 0 Å². The van der Waals surface area contributed by atoms with E-state index in [4.69, 9.17) is 0 Å². The first kappa shape index (κ1) is 11.7. The molecule has 0 fully saturated rings. The summed E-state index contributed by atoms with van der Waals surface area (Å²) in [5.41, 5.74) is 0.972. The van der Waals surface area contributed by atoms with E-state index in [0.717, 1.165) is 5.54 Å². The maximum absolute atomic E-state index is 9.62. The molecule has 0 N–H and O–H groups in total. The number of rotatable bonds is 0. The summed E-state index contributed by atoms with van der Waals surface area (Å²) in [7, 11) is 1.87. The van der Waals surface area contributed by atoms with E-state index in [-0.39, 0.29) is 5.97 Å².